The summed E-state index contributed by atoms with van der Waals surface area (Å²) >= 11 is 1.60. The summed E-state index contributed by atoms with van der Waals surface area (Å²) in [5.74, 6) is -0.209. The minimum Gasteiger partial charge on any atom is -0.385 e. The molecule has 6 nitrogen and oxygen atoms in total. The van der Waals surface area contributed by atoms with Gasteiger partial charge in [-0.1, -0.05) is 30.3 Å². The van der Waals surface area contributed by atoms with Crippen molar-refractivity contribution in [1.82, 2.24) is 9.21 Å². The van der Waals surface area contributed by atoms with Crippen molar-refractivity contribution in [3.63, 3.8) is 0 Å². The normalized spacial score (nSPS) is 11.7. The molecule has 0 unspecified atom stereocenters. The van der Waals surface area contributed by atoms with Gasteiger partial charge in [-0.2, -0.15) is 4.31 Å². The average molecular weight is 425 g/mol. The molecule has 0 bridgehead atoms. The Bertz CT molecular complexity index is 850. The quantitative estimate of drug-likeness (QED) is 0.520. The summed E-state index contributed by atoms with van der Waals surface area (Å²) in [5, 5.41) is 2.00. The van der Waals surface area contributed by atoms with Crippen molar-refractivity contribution in [1.29, 1.82) is 0 Å². The van der Waals surface area contributed by atoms with Crippen LogP contribution in [-0.4, -0.2) is 56.6 Å². The molecule has 0 atom stereocenters. The van der Waals surface area contributed by atoms with Gasteiger partial charge in [-0.25, -0.2) is 8.42 Å². The maximum Gasteiger partial charge on any atom is 0.238 e. The summed E-state index contributed by atoms with van der Waals surface area (Å²) in [6, 6.07) is 11.8. The summed E-state index contributed by atoms with van der Waals surface area (Å²) in [6.45, 7) is 3.46. The highest BCUT2D eigenvalue weighted by Gasteiger charge is 2.24. The van der Waals surface area contributed by atoms with Crippen molar-refractivity contribution in [2.45, 2.75) is 26.4 Å². The van der Waals surface area contributed by atoms with E-state index >= 15 is 0 Å². The third kappa shape index (κ3) is 7.01. The lowest BCUT2D eigenvalue weighted by Gasteiger charge is -2.26. The van der Waals surface area contributed by atoms with Gasteiger partial charge in [-0.15, -0.1) is 11.3 Å². The highest BCUT2D eigenvalue weighted by molar-refractivity contribution is 7.88. The Kier molecular flexibility index (Phi) is 8.62. The first-order valence-electron chi connectivity index (χ1n) is 9.10. The fourth-order valence-corrected chi connectivity index (χ4v) is 4.50. The largest absolute Gasteiger partial charge is 0.385 e. The molecule has 0 radical (unpaired) electrons. The third-order valence-corrected chi connectivity index (χ3v) is 6.67. The first-order valence-corrected chi connectivity index (χ1v) is 11.8. The Morgan fingerprint density at radius 2 is 1.86 bits per heavy atom. The molecule has 8 heteroatoms. The first kappa shape index (κ1) is 22.5. The Labute approximate surface area is 171 Å². The molecule has 0 aliphatic rings. The van der Waals surface area contributed by atoms with Gasteiger partial charge in [0.15, 0.2) is 0 Å². The van der Waals surface area contributed by atoms with Gasteiger partial charge in [0.2, 0.25) is 15.9 Å². The zero-order valence-electron chi connectivity index (χ0n) is 16.6. The zero-order chi connectivity index (χ0) is 20.6. The fourth-order valence-electron chi connectivity index (χ4n) is 2.77. The summed E-state index contributed by atoms with van der Waals surface area (Å²) < 4.78 is 30.5. The van der Waals surface area contributed by atoms with E-state index < -0.39 is 10.0 Å². The van der Waals surface area contributed by atoms with E-state index in [9.17, 15) is 13.2 Å². The number of hydrogen-bond acceptors (Lipinski definition) is 5. The monoisotopic (exact) mass is 424 g/mol. The number of hydrogen-bond donors (Lipinski definition) is 0. The van der Waals surface area contributed by atoms with Crippen LogP contribution in [0.15, 0.2) is 41.8 Å². The molecule has 154 valence electrons. The van der Waals surface area contributed by atoms with E-state index in [0.717, 1.165) is 22.3 Å². The van der Waals surface area contributed by atoms with E-state index in [4.69, 9.17) is 4.74 Å². The van der Waals surface area contributed by atoms with Crippen LogP contribution in [0.1, 0.15) is 22.4 Å². The number of thiophene rings is 1. The summed E-state index contributed by atoms with van der Waals surface area (Å²) in [6.07, 6.45) is 1.68. The van der Waals surface area contributed by atoms with Crippen LogP contribution in [0, 0.1) is 6.92 Å². The van der Waals surface area contributed by atoms with E-state index in [1.165, 1.54) is 4.31 Å². The van der Waals surface area contributed by atoms with Crippen molar-refractivity contribution >= 4 is 27.3 Å². The van der Waals surface area contributed by atoms with Crippen LogP contribution < -0.4 is 0 Å². The van der Waals surface area contributed by atoms with Crippen LogP contribution in [0.2, 0.25) is 0 Å². The maximum atomic E-state index is 13.1. The molecule has 0 saturated carbocycles. The number of carbonyl (C=O) groups is 1. The van der Waals surface area contributed by atoms with Gasteiger partial charge in [0.25, 0.3) is 0 Å². The second-order valence-electron chi connectivity index (χ2n) is 6.71. The van der Waals surface area contributed by atoms with Crippen LogP contribution in [0.3, 0.4) is 0 Å². The molecule has 0 aliphatic carbocycles. The summed E-state index contributed by atoms with van der Waals surface area (Å²) in [5.41, 5.74) is 2.14. The number of benzene rings is 1. The Morgan fingerprint density at radius 3 is 2.43 bits per heavy atom. The van der Waals surface area contributed by atoms with Gasteiger partial charge in [-0.05, 0) is 35.9 Å². The smallest absolute Gasteiger partial charge is 0.238 e. The van der Waals surface area contributed by atoms with Crippen LogP contribution in [0.4, 0.5) is 0 Å². The molecule has 1 amide bonds. The molecule has 0 saturated heterocycles. The molecule has 0 spiro atoms. The van der Waals surface area contributed by atoms with Crippen molar-refractivity contribution in [3.05, 3.63) is 57.8 Å². The summed E-state index contributed by atoms with van der Waals surface area (Å²) in [4.78, 5) is 15.9. The second-order valence-corrected chi connectivity index (χ2v) is 9.69. The molecule has 0 fully saturated rings. The lowest BCUT2D eigenvalue weighted by atomic mass is 10.2. The van der Waals surface area contributed by atoms with Gasteiger partial charge in [0.1, 0.15) is 0 Å². The minimum atomic E-state index is -3.48. The molecule has 0 aliphatic heterocycles. The number of rotatable bonds is 11. The number of methoxy groups -OCH3 is 1. The number of ether oxygens (including phenoxy) is 1. The standard InChI is InChI=1S/C20H28N2O4S2/c1-17-10-13-27-19(17)15-21(14-18-8-5-4-6-9-18)20(23)16-22(28(3,24)25)11-7-12-26-2/h4-6,8-10,13H,7,11-12,14-16H2,1-3H3. The topological polar surface area (TPSA) is 66.9 Å². The van der Waals surface area contributed by atoms with E-state index in [1.807, 2.05) is 48.7 Å². The molecule has 1 heterocycles. The van der Waals surface area contributed by atoms with Crippen molar-refractivity contribution in [3.8, 4) is 0 Å². The number of nitrogens with zero attached hydrogens (tertiary/aromatic N) is 2. The molecular formula is C20H28N2O4S2. The SMILES string of the molecule is COCCCN(CC(=O)N(Cc1ccccc1)Cc1sccc1C)S(C)(=O)=O. The van der Waals surface area contributed by atoms with Crippen molar-refractivity contribution in [2.75, 3.05) is 33.1 Å². The number of sulfonamides is 1. The van der Waals surface area contributed by atoms with Crippen molar-refractivity contribution in [2.24, 2.45) is 0 Å². The van der Waals surface area contributed by atoms with Gasteiger partial charge in [0.05, 0.1) is 19.3 Å². The predicted molar refractivity (Wildman–Crippen MR) is 113 cm³/mol. The molecule has 28 heavy (non-hydrogen) atoms. The Morgan fingerprint density at radius 1 is 1.14 bits per heavy atom. The number of aryl methyl sites for hydroxylation is 1. The van der Waals surface area contributed by atoms with E-state index in [0.29, 0.717) is 26.1 Å². The molecular weight excluding hydrogens is 396 g/mol. The van der Waals surface area contributed by atoms with Crippen LogP contribution in [0.25, 0.3) is 0 Å². The second kappa shape index (κ2) is 10.7. The lowest BCUT2D eigenvalue weighted by molar-refractivity contribution is -0.132. The van der Waals surface area contributed by atoms with Gasteiger partial charge in [0, 0.05) is 31.7 Å². The zero-order valence-corrected chi connectivity index (χ0v) is 18.3. The number of amides is 1. The molecule has 2 rings (SSSR count). The van der Waals surface area contributed by atoms with E-state index in [1.54, 1.807) is 23.3 Å². The third-order valence-electron chi connectivity index (χ3n) is 4.41. The lowest BCUT2D eigenvalue weighted by Crippen LogP contribution is -2.42. The van der Waals surface area contributed by atoms with Crippen LogP contribution in [0.5, 0.6) is 0 Å². The fraction of sp³-hybridized carbons (Fsp3) is 0.450. The van der Waals surface area contributed by atoms with Crippen LogP contribution >= 0.6 is 11.3 Å². The van der Waals surface area contributed by atoms with Gasteiger partial charge < -0.3 is 9.64 Å². The highest BCUT2D eigenvalue weighted by atomic mass is 32.2. The van der Waals surface area contributed by atoms with Gasteiger partial charge in [-0.3, -0.25) is 4.79 Å². The van der Waals surface area contributed by atoms with Crippen molar-refractivity contribution < 1.29 is 17.9 Å². The highest BCUT2D eigenvalue weighted by Crippen LogP contribution is 2.20. The molecule has 1 aromatic heterocycles. The van der Waals surface area contributed by atoms with E-state index in [2.05, 4.69) is 0 Å². The first-order chi connectivity index (χ1) is 13.3. The summed E-state index contributed by atoms with van der Waals surface area (Å²) in [7, 11) is -1.91. The number of carbonyl (C=O) groups excluding carboxylic acids is 1. The van der Waals surface area contributed by atoms with Crippen LogP contribution in [-0.2, 0) is 32.6 Å². The van der Waals surface area contributed by atoms with E-state index in [-0.39, 0.29) is 19.0 Å². The van der Waals surface area contributed by atoms with Gasteiger partial charge >= 0.3 is 0 Å². The average Bonchev–Trinajstić information content (AvgIpc) is 3.05. The molecule has 2 aromatic rings. The Balaban J connectivity index is 2.17. The molecule has 1 aromatic carbocycles. The maximum absolute atomic E-state index is 13.1. The Hall–Kier alpha value is -1.74. The minimum absolute atomic E-state index is 0.167. The predicted octanol–water partition coefficient (Wildman–Crippen LogP) is 2.88. The molecule has 0 N–H and O–H groups in total.